The quantitative estimate of drug-likeness (QED) is 0.776. The number of hydrogen-bond donors (Lipinski definition) is 0. The van der Waals surface area contributed by atoms with Gasteiger partial charge in [-0.1, -0.05) is 0 Å². The fraction of sp³-hybridized carbons (Fsp3) is 0.500. The number of aryl methyl sites for hydroxylation is 1. The first-order valence-corrected chi connectivity index (χ1v) is 5.54. The van der Waals surface area contributed by atoms with E-state index in [-0.39, 0.29) is 17.9 Å². The Morgan fingerprint density at radius 1 is 1.44 bits per heavy atom. The molecule has 0 radical (unpaired) electrons. The summed E-state index contributed by atoms with van der Waals surface area (Å²) in [5, 5.41) is 0. The summed E-state index contributed by atoms with van der Waals surface area (Å²) in [7, 11) is 0. The first-order chi connectivity index (χ1) is 8.38. The number of alkyl halides is 2. The molecule has 1 heterocycles. The second-order valence-electron chi connectivity index (χ2n) is 3.85. The molecule has 0 aliphatic carbocycles. The number of carbonyl (C=O) groups is 1. The number of ether oxygens (including phenoxy) is 1. The van der Waals surface area contributed by atoms with E-state index in [1.54, 1.807) is 13.8 Å². The average molecular weight is 259 g/mol. The van der Waals surface area contributed by atoms with Gasteiger partial charge in [0.25, 0.3) is 12.0 Å². The Bertz CT molecular complexity index is 509. The van der Waals surface area contributed by atoms with Crippen LogP contribution in [0.3, 0.4) is 0 Å². The van der Waals surface area contributed by atoms with Crippen molar-refractivity contribution >= 4 is 5.97 Å². The van der Waals surface area contributed by atoms with E-state index in [4.69, 9.17) is 4.74 Å². The van der Waals surface area contributed by atoms with Crippen LogP contribution in [0.15, 0.2) is 10.9 Å². The van der Waals surface area contributed by atoms with Gasteiger partial charge in [0.05, 0.1) is 18.7 Å². The normalized spacial score (nSPS) is 10.8. The summed E-state index contributed by atoms with van der Waals surface area (Å²) in [6, 6.07) is 1.17. The summed E-state index contributed by atoms with van der Waals surface area (Å²) in [6.45, 7) is 4.15. The maximum absolute atomic E-state index is 12.4. The molecule has 0 amide bonds. The molecule has 1 aromatic rings. The zero-order valence-corrected chi connectivity index (χ0v) is 10.5. The van der Waals surface area contributed by atoms with Gasteiger partial charge in [0, 0.05) is 11.8 Å². The molecule has 1 rings (SSSR count). The van der Waals surface area contributed by atoms with Crippen molar-refractivity contribution in [2.24, 2.45) is 0 Å². The van der Waals surface area contributed by atoms with Crippen LogP contribution >= 0.6 is 0 Å². The highest BCUT2D eigenvalue weighted by atomic mass is 19.3. The lowest BCUT2D eigenvalue weighted by Crippen LogP contribution is -2.28. The van der Waals surface area contributed by atoms with Crippen molar-refractivity contribution in [1.82, 2.24) is 4.57 Å². The van der Waals surface area contributed by atoms with E-state index in [1.165, 1.54) is 13.0 Å². The number of pyridine rings is 1. The zero-order chi connectivity index (χ0) is 13.9. The SMILES string of the molecule is CCOC(=O)c1c(C)cc(=O)n(CC(F)F)c1C. The highest BCUT2D eigenvalue weighted by molar-refractivity contribution is 5.92. The van der Waals surface area contributed by atoms with Crippen molar-refractivity contribution in [1.29, 1.82) is 0 Å². The molecule has 0 saturated carbocycles. The number of esters is 1. The molecule has 0 saturated heterocycles. The molecule has 1 aromatic heterocycles. The van der Waals surface area contributed by atoms with Crippen LogP contribution in [0.4, 0.5) is 8.78 Å². The van der Waals surface area contributed by atoms with E-state index < -0.39 is 24.5 Å². The van der Waals surface area contributed by atoms with Gasteiger partial charge in [0.1, 0.15) is 0 Å². The fourth-order valence-corrected chi connectivity index (χ4v) is 1.80. The topological polar surface area (TPSA) is 48.3 Å². The highest BCUT2D eigenvalue weighted by Crippen LogP contribution is 2.14. The van der Waals surface area contributed by atoms with Gasteiger partial charge in [-0.3, -0.25) is 4.79 Å². The molecule has 0 aromatic carbocycles. The Labute approximate surface area is 103 Å². The lowest BCUT2D eigenvalue weighted by Gasteiger charge is -2.15. The van der Waals surface area contributed by atoms with E-state index in [1.807, 2.05) is 0 Å². The molecule has 4 nitrogen and oxygen atoms in total. The molecule has 0 aliphatic rings. The second-order valence-corrected chi connectivity index (χ2v) is 3.85. The van der Waals surface area contributed by atoms with Crippen molar-refractivity contribution in [2.75, 3.05) is 6.61 Å². The number of halogens is 2. The maximum atomic E-state index is 12.4. The predicted molar refractivity (Wildman–Crippen MR) is 62.1 cm³/mol. The van der Waals surface area contributed by atoms with Crippen LogP contribution in [0, 0.1) is 13.8 Å². The Balaban J connectivity index is 3.35. The Morgan fingerprint density at radius 3 is 2.56 bits per heavy atom. The molecule has 0 aliphatic heterocycles. The fourth-order valence-electron chi connectivity index (χ4n) is 1.80. The van der Waals surface area contributed by atoms with Gasteiger partial charge in [-0.15, -0.1) is 0 Å². The Morgan fingerprint density at radius 2 is 2.06 bits per heavy atom. The second kappa shape index (κ2) is 5.75. The molecular weight excluding hydrogens is 244 g/mol. The van der Waals surface area contributed by atoms with Crippen LogP contribution in [-0.2, 0) is 11.3 Å². The molecular formula is C12H15F2NO3. The largest absolute Gasteiger partial charge is 0.462 e. The molecule has 18 heavy (non-hydrogen) atoms. The number of hydrogen-bond acceptors (Lipinski definition) is 3. The highest BCUT2D eigenvalue weighted by Gasteiger charge is 2.19. The van der Waals surface area contributed by atoms with Gasteiger partial charge < -0.3 is 9.30 Å². The lowest BCUT2D eigenvalue weighted by atomic mass is 10.1. The van der Waals surface area contributed by atoms with E-state index in [9.17, 15) is 18.4 Å². The van der Waals surface area contributed by atoms with Crippen LogP contribution in [-0.4, -0.2) is 23.6 Å². The van der Waals surface area contributed by atoms with E-state index in [0.29, 0.717) is 5.56 Å². The zero-order valence-electron chi connectivity index (χ0n) is 10.5. The minimum absolute atomic E-state index is 0.178. The van der Waals surface area contributed by atoms with Crippen LogP contribution in [0.5, 0.6) is 0 Å². The third-order valence-corrected chi connectivity index (χ3v) is 2.57. The smallest absolute Gasteiger partial charge is 0.340 e. The van der Waals surface area contributed by atoms with Crippen molar-refractivity contribution in [3.8, 4) is 0 Å². The van der Waals surface area contributed by atoms with Crippen LogP contribution < -0.4 is 5.56 Å². The van der Waals surface area contributed by atoms with Crippen LogP contribution in [0.25, 0.3) is 0 Å². The van der Waals surface area contributed by atoms with Gasteiger partial charge >= 0.3 is 5.97 Å². The number of carbonyl (C=O) groups excluding carboxylic acids is 1. The summed E-state index contributed by atoms with van der Waals surface area (Å²) >= 11 is 0. The van der Waals surface area contributed by atoms with E-state index in [2.05, 4.69) is 0 Å². The monoisotopic (exact) mass is 259 g/mol. The molecule has 0 spiro atoms. The molecule has 0 bridgehead atoms. The van der Waals surface area contributed by atoms with Crippen molar-refractivity contribution < 1.29 is 18.3 Å². The Kier molecular flexibility index (Phi) is 4.58. The van der Waals surface area contributed by atoms with Gasteiger partial charge in [0.2, 0.25) is 0 Å². The first-order valence-electron chi connectivity index (χ1n) is 5.54. The number of nitrogens with zero attached hydrogens (tertiary/aromatic N) is 1. The van der Waals surface area contributed by atoms with Gasteiger partial charge in [-0.2, -0.15) is 0 Å². The van der Waals surface area contributed by atoms with Gasteiger partial charge in [0.15, 0.2) is 0 Å². The van der Waals surface area contributed by atoms with Crippen molar-refractivity contribution in [3.05, 3.63) is 33.2 Å². The molecule has 0 unspecified atom stereocenters. The van der Waals surface area contributed by atoms with Gasteiger partial charge in [-0.05, 0) is 26.3 Å². The number of aromatic nitrogens is 1. The molecule has 6 heteroatoms. The summed E-state index contributed by atoms with van der Waals surface area (Å²) in [6.07, 6.45) is -2.65. The summed E-state index contributed by atoms with van der Waals surface area (Å²) in [5.74, 6) is -0.601. The standard InChI is InChI=1S/C12H15F2NO3/c1-4-18-12(17)11-7(2)5-10(16)15(8(11)3)6-9(13)14/h5,9H,4,6H2,1-3H3. The maximum Gasteiger partial charge on any atom is 0.340 e. The molecule has 0 N–H and O–H groups in total. The summed E-state index contributed by atoms with van der Waals surface area (Å²) in [4.78, 5) is 23.3. The third-order valence-electron chi connectivity index (χ3n) is 2.57. The van der Waals surface area contributed by atoms with Crippen molar-refractivity contribution in [3.63, 3.8) is 0 Å². The summed E-state index contributed by atoms with van der Waals surface area (Å²) < 4.78 is 30.5. The van der Waals surface area contributed by atoms with Crippen molar-refractivity contribution in [2.45, 2.75) is 33.7 Å². The molecule has 0 fully saturated rings. The van der Waals surface area contributed by atoms with E-state index in [0.717, 1.165) is 4.57 Å². The van der Waals surface area contributed by atoms with Gasteiger partial charge in [-0.25, -0.2) is 13.6 Å². The average Bonchev–Trinajstić information content (AvgIpc) is 2.24. The molecule has 0 atom stereocenters. The molecule has 100 valence electrons. The minimum Gasteiger partial charge on any atom is -0.462 e. The van der Waals surface area contributed by atoms with E-state index >= 15 is 0 Å². The minimum atomic E-state index is -2.65. The lowest BCUT2D eigenvalue weighted by molar-refractivity contribution is 0.0521. The Hall–Kier alpha value is -1.72. The third kappa shape index (κ3) is 2.94. The van der Waals surface area contributed by atoms with Crippen LogP contribution in [0.2, 0.25) is 0 Å². The summed E-state index contributed by atoms with van der Waals surface area (Å²) in [5.41, 5.74) is 0.274. The number of rotatable bonds is 4. The first kappa shape index (κ1) is 14.3. The predicted octanol–water partition coefficient (Wildman–Crippen LogP) is 1.91. The van der Waals surface area contributed by atoms with Crippen LogP contribution in [0.1, 0.15) is 28.5 Å².